The summed E-state index contributed by atoms with van der Waals surface area (Å²) in [5.74, 6) is -0.263. The van der Waals surface area contributed by atoms with Crippen molar-refractivity contribution in [1.29, 1.82) is 0 Å². The number of hydrogen-bond acceptors (Lipinski definition) is 2. The molecule has 0 rings (SSSR count). The molecule has 0 fully saturated rings. The fraction of sp³-hybridized carbons (Fsp3) is 0.727. The lowest BCUT2D eigenvalue weighted by Crippen LogP contribution is -2.19. The molecule has 76 valence electrons. The second-order valence-electron chi connectivity index (χ2n) is 4.22. The molecule has 0 aromatic carbocycles. The van der Waals surface area contributed by atoms with Crippen molar-refractivity contribution in [2.45, 2.75) is 40.5 Å². The minimum atomic E-state index is -0.263. The Labute approximate surface area is 81.0 Å². The summed E-state index contributed by atoms with van der Waals surface area (Å²) in [5.41, 5.74) is 0.354. The van der Waals surface area contributed by atoms with E-state index in [1.807, 2.05) is 20.8 Å². The lowest BCUT2D eigenvalue weighted by Gasteiger charge is -2.19. The van der Waals surface area contributed by atoms with E-state index in [9.17, 15) is 4.79 Å². The van der Waals surface area contributed by atoms with Gasteiger partial charge in [-0.1, -0.05) is 40.7 Å². The first-order valence-electron chi connectivity index (χ1n) is 4.76. The lowest BCUT2D eigenvalue weighted by atomic mass is 9.88. The van der Waals surface area contributed by atoms with Crippen LogP contribution in [0.4, 0.5) is 0 Å². The van der Waals surface area contributed by atoms with E-state index in [0.717, 1.165) is 12.8 Å². The van der Waals surface area contributed by atoms with E-state index in [-0.39, 0.29) is 11.4 Å². The van der Waals surface area contributed by atoms with Gasteiger partial charge in [0, 0.05) is 5.57 Å². The molecular formula is C11H20O2. The van der Waals surface area contributed by atoms with Gasteiger partial charge in [-0.2, -0.15) is 0 Å². The van der Waals surface area contributed by atoms with Gasteiger partial charge in [-0.3, -0.25) is 0 Å². The molecule has 0 aromatic rings. The summed E-state index contributed by atoms with van der Waals surface area (Å²) in [6.07, 6.45) is 1.96. The summed E-state index contributed by atoms with van der Waals surface area (Å²) in [6, 6.07) is 0. The molecule has 0 N–H and O–H groups in total. The molecule has 0 spiro atoms. The second kappa shape index (κ2) is 5.05. The fourth-order valence-electron chi connectivity index (χ4n) is 0.703. The Morgan fingerprint density at radius 1 is 1.38 bits per heavy atom. The first-order chi connectivity index (χ1) is 5.89. The van der Waals surface area contributed by atoms with Crippen LogP contribution in [0.5, 0.6) is 0 Å². The van der Waals surface area contributed by atoms with Crippen molar-refractivity contribution >= 4 is 5.97 Å². The third-order valence-electron chi connectivity index (χ3n) is 1.88. The van der Waals surface area contributed by atoms with Crippen molar-refractivity contribution < 1.29 is 9.53 Å². The second-order valence-corrected chi connectivity index (χ2v) is 4.22. The largest absolute Gasteiger partial charge is 0.462 e. The van der Waals surface area contributed by atoms with Crippen molar-refractivity contribution in [2.75, 3.05) is 6.61 Å². The van der Waals surface area contributed by atoms with E-state index >= 15 is 0 Å². The molecule has 0 bridgehead atoms. The number of carbonyl (C=O) groups excluding carboxylic acids is 1. The zero-order chi connectivity index (χ0) is 10.5. The Kier molecular flexibility index (Phi) is 4.74. The molecule has 13 heavy (non-hydrogen) atoms. The molecule has 0 unspecified atom stereocenters. The summed E-state index contributed by atoms with van der Waals surface area (Å²) in [4.78, 5) is 11.3. The number of rotatable bonds is 4. The topological polar surface area (TPSA) is 26.3 Å². The molecule has 0 radical (unpaired) electrons. The van der Waals surface area contributed by atoms with Gasteiger partial charge < -0.3 is 4.74 Å². The van der Waals surface area contributed by atoms with Gasteiger partial charge in [-0.05, 0) is 11.8 Å². The average Bonchev–Trinajstić information content (AvgIpc) is 2.01. The van der Waals surface area contributed by atoms with Crippen LogP contribution in [0.3, 0.4) is 0 Å². The zero-order valence-electron chi connectivity index (χ0n) is 9.14. The maximum absolute atomic E-state index is 11.3. The highest BCUT2D eigenvalue weighted by atomic mass is 16.5. The summed E-state index contributed by atoms with van der Waals surface area (Å²) >= 11 is 0. The van der Waals surface area contributed by atoms with Crippen LogP contribution in [-0.4, -0.2) is 12.6 Å². The van der Waals surface area contributed by atoms with Gasteiger partial charge in [0.2, 0.25) is 0 Å². The van der Waals surface area contributed by atoms with Gasteiger partial charge >= 0.3 is 5.97 Å². The molecule has 2 heteroatoms. The van der Waals surface area contributed by atoms with Crippen molar-refractivity contribution in [3.63, 3.8) is 0 Å². The van der Waals surface area contributed by atoms with E-state index in [2.05, 4.69) is 13.5 Å². The molecule has 0 saturated heterocycles. The molecule has 0 atom stereocenters. The number of ether oxygens (including phenoxy) is 1. The van der Waals surface area contributed by atoms with Gasteiger partial charge in [0.1, 0.15) is 0 Å². The minimum absolute atomic E-state index is 0.191. The van der Waals surface area contributed by atoms with Crippen LogP contribution < -0.4 is 0 Å². The highest BCUT2D eigenvalue weighted by Crippen LogP contribution is 2.24. The zero-order valence-corrected chi connectivity index (χ0v) is 9.14. The van der Waals surface area contributed by atoms with Crippen LogP contribution in [0.25, 0.3) is 0 Å². The molecule has 0 saturated carbocycles. The fourth-order valence-corrected chi connectivity index (χ4v) is 0.703. The van der Waals surface area contributed by atoms with Crippen molar-refractivity contribution in [2.24, 2.45) is 5.41 Å². The number of esters is 1. The van der Waals surface area contributed by atoms with E-state index in [1.54, 1.807) is 0 Å². The standard InChI is InChI=1S/C11H20O2/c1-6-7-8-13-10(12)9(2)11(3,4)5/h2,6-8H2,1,3-5H3. The van der Waals surface area contributed by atoms with Crippen LogP contribution >= 0.6 is 0 Å². The molecular weight excluding hydrogens is 164 g/mol. The van der Waals surface area contributed by atoms with Crippen LogP contribution in [0.15, 0.2) is 12.2 Å². The molecule has 2 nitrogen and oxygen atoms in total. The third-order valence-corrected chi connectivity index (χ3v) is 1.88. The number of unbranched alkanes of at least 4 members (excludes halogenated alkanes) is 1. The predicted octanol–water partition coefficient (Wildman–Crippen LogP) is 2.93. The van der Waals surface area contributed by atoms with Gasteiger partial charge in [0.05, 0.1) is 6.61 Å². The minimum Gasteiger partial charge on any atom is -0.462 e. The molecule has 0 amide bonds. The Morgan fingerprint density at radius 3 is 2.31 bits per heavy atom. The summed E-state index contributed by atoms with van der Waals surface area (Å²) in [6.45, 7) is 12.2. The van der Waals surface area contributed by atoms with Crippen LogP contribution in [0.2, 0.25) is 0 Å². The van der Waals surface area contributed by atoms with Crippen LogP contribution in [0.1, 0.15) is 40.5 Å². The number of carbonyl (C=O) groups is 1. The van der Waals surface area contributed by atoms with Gasteiger partial charge in [-0.15, -0.1) is 0 Å². The maximum atomic E-state index is 11.3. The third kappa shape index (κ3) is 4.71. The Hall–Kier alpha value is -0.790. The number of hydrogen-bond donors (Lipinski definition) is 0. The molecule has 0 aliphatic carbocycles. The summed E-state index contributed by atoms with van der Waals surface area (Å²) in [7, 11) is 0. The summed E-state index contributed by atoms with van der Waals surface area (Å²) < 4.78 is 5.03. The normalized spacial score (nSPS) is 11.1. The van der Waals surface area contributed by atoms with Gasteiger partial charge in [0.25, 0.3) is 0 Å². The molecule has 0 aromatic heterocycles. The Balaban J connectivity index is 3.92. The monoisotopic (exact) mass is 184 g/mol. The molecule has 0 aliphatic rings. The van der Waals surface area contributed by atoms with Crippen molar-refractivity contribution in [3.8, 4) is 0 Å². The first-order valence-corrected chi connectivity index (χ1v) is 4.76. The lowest BCUT2D eigenvalue weighted by molar-refractivity contribution is -0.140. The Morgan fingerprint density at radius 2 is 1.92 bits per heavy atom. The van der Waals surface area contributed by atoms with E-state index in [1.165, 1.54) is 0 Å². The van der Waals surface area contributed by atoms with Gasteiger partial charge in [0.15, 0.2) is 0 Å². The van der Waals surface area contributed by atoms with Crippen molar-refractivity contribution in [3.05, 3.63) is 12.2 Å². The van der Waals surface area contributed by atoms with E-state index in [0.29, 0.717) is 12.2 Å². The Bertz CT molecular complexity index is 187. The smallest absolute Gasteiger partial charge is 0.333 e. The highest BCUT2D eigenvalue weighted by Gasteiger charge is 2.22. The highest BCUT2D eigenvalue weighted by molar-refractivity contribution is 5.88. The van der Waals surface area contributed by atoms with Gasteiger partial charge in [-0.25, -0.2) is 4.79 Å². The van der Waals surface area contributed by atoms with Crippen LogP contribution in [-0.2, 0) is 9.53 Å². The summed E-state index contributed by atoms with van der Waals surface area (Å²) in [5, 5.41) is 0. The van der Waals surface area contributed by atoms with E-state index < -0.39 is 0 Å². The van der Waals surface area contributed by atoms with Crippen LogP contribution in [0, 0.1) is 5.41 Å². The quantitative estimate of drug-likeness (QED) is 0.381. The van der Waals surface area contributed by atoms with E-state index in [4.69, 9.17) is 4.74 Å². The molecule has 0 aliphatic heterocycles. The first kappa shape index (κ1) is 12.2. The molecule has 0 heterocycles. The predicted molar refractivity (Wildman–Crippen MR) is 54.5 cm³/mol. The average molecular weight is 184 g/mol. The van der Waals surface area contributed by atoms with Crippen molar-refractivity contribution in [1.82, 2.24) is 0 Å². The SMILES string of the molecule is C=C(C(=O)OCCCC)C(C)(C)C. The maximum Gasteiger partial charge on any atom is 0.333 e.